The maximum Gasteiger partial charge on any atom is 0.242 e. The third-order valence-electron chi connectivity index (χ3n) is 3.85. The average molecular weight is 389 g/mol. The van der Waals surface area contributed by atoms with E-state index in [1.54, 1.807) is 12.1 Å². The Hall–Kier alpha value is -2.71. The minimum atomic E-state index is -3.47. The number of nitrogens with one attached hydrogen (secondary N) is 2. The van der Waals surface area contributed by atoms with Crippen LogP contribution in [0.2, 0.25) is 0 Å². The molecule has 2 aromatic rings. The molecule has 0 atom stereocenters. The Balaban J connectivity index is 1.78. The Morgan fingerprint density at radius 3 is 2.07 bits per heavy atom. The molecule has 0 aliphatic heterocycles. The molecule has 2 aromatic carbocycles. The lowest BCUT2D eigenvalue weighted by Gasteiger charge is -2.12. The molecule has 0 saturated carbocycles. The smallest absolute Gasteiger partial charge is 0.242 e. The Morgan fingerprint density at radius 2 is 1.48 bits per heavy atom. The van der Waals surface area contributed by atoms with E-state index < -0.39 is 10.0 Å². The first kappa shape index (κ1) is 20.6. The molecule has 0 fully saturated rings. The van der Waals surface area contributed by atoms with E-state index in [4.69, 9.17) is 0 Å². The van der Waals surface area contributed by atoms with Crippen LogP contribution in [0.1, 0.15) is 11.1 Å². The second kappa shape index (κ2) is 9.29. The highest BCUT2D eigenvalue weighted by atomic mass is 32.2. The number of hydrogen-bond acceptors (Lipinski definition) is 4. The summed E-state index contributed by atoms with van der Waals surface area (Å²) in [4.78, 5) is 23.9. The van der Waals surface area contributed by atoms with E-state index in [1.165, 1.54) is 26.2 Å². The molecular formula is C19H23N3O4S. The van der Waals surface area contributed by atoms with Crippen molar-refractivity contribution < 1.29 is 18.0 Å². The van der Waals surface area contributed by atoms with Gasteiger partial charge in [0.05, 0.1) is 17.9 Å². The van der Waals surface area contributed by atoms with Crippen molar-refractivity contribution in [3.8, 4) is 0 Å². The molecule has 27 heavy (non-hydrogen) atoms. The fourth-order valence-corrected chi connectivity index (χ4v) is 3.18. The number of carbonyl (C=O) groups excluding carboxylic acids is 2. The molecule has 0 aliphatic carbocycles. The van der Waals surface area contributed by atoms with Crippen LogP contribution in [0.25, 0.3) is 0 Å². The molecule has 0 radical (unpaired) electrons. The molecule has 0 bridgehead atoms. The summed E-state index contributed by atoms with van der Waals surface area (Å²) in [6.07, 6.45) is 0.218. The molecular weight excluding hydrogens is 366 g/mol. The molecule has 0 aromatic heterocycles. The molecule has 8 heteroatoms. The zero-order valence-electron chi connectivity index (χ0n) is 15.3. The SMILES string of the molecule is CN(C)S(=O)(=O)c1ccc(CNC(=O)CNC(=O)Cc2ccccc2)cc1. The third kappa shape index (κ3) is 6.19. The Labute approximate surface area is 159 Å². The van der Waals surface area contributed by atoms with Crippen molar-refractivity contribution in [2.75, 3.05) is 20.6 Å². The van der Waals surface area contributed by atoms with Crippen molar-refractivity contribution >= 4 is 21.8 Å². The zero-order valence-corrected chi connectivity index (χ0v) is 16.1. The quantitative estimate of drug-likeness (QED) is 0.702. The largest absolute Gasteiger partial charge is 0.350 e. The van der Waals surface area contributed by atoms with Gasteiger partial charge in [-0.3, -0.25) is 9.59 Å². The maximum absolute atomic E-state index is 12.0. The van der Waals surface area contributed by atoms with Gasteiger partial charge in [0.1, 0.15) is 0 Å². The van der Waals surface area contributed by atoms with E-state index in [9.17, 15) is 18.0 Å². The highest BCUT2D eigenvalue weighted by Crippen LogP contribution is 2.13. The van der Waals surface area contributed by atoms with Crippen LogP contribution in [0.5, 0.6) is 0 Å². The molecule has 2 amide bonds. The minimum Gasteiger partial charge on any atom is -0.350 e. The Kier molecular flexibility index (Phi) is 7.09. The van der Waals surface area contributed by atoms with E-state index in [0.29, 0.717) is 0 Å². The summed E-state index contributed by atoms with van der Waals surface area (Å²) >= 11 is 0. The molecule has 7 nitrogen and oxygen atoms in total. The molecule has 0 spiro atoms. The van der Waals surface area contributed by atoms with Gasteiger partial charge in [-0.2, -0.15) is 0 Å². The third-order valence-corrected chi connectivity index (χ3v) is 5.67. The summed E-state index contributed by atoms with van der Waals surface area (Å²) in [6, 6.07) is 15.6. The summed E-state index contributed by atoms with van der Waals surface area (Å²) in [5.41, 5.74) is 1.64. The number of amides is 2. The first-order valence-electron chi connectivity index (χ1n) is 8.38. The van der Waals surface area contributed by atoms with Gasteiger partial charge in [-0.25, -0.2) is 12.7 Å². The lowest BCUT2D eigenvalue weighted by molar-refractivity contribution is -0.125. The highest BCUT2D eigenvalue weighted by molar-refractivity contribution is 7.89. The summed E-state index contributed by atoms with van der Waals surface area (Å²) in [7, 11) is -0.535. The minimum absolute atomic E-state index is 0.112. The lowest BCUT2D eigenvalue weighted by atomic mass is 10.1. The van der Waals surface area contributed by atoms with E-state index in [1.807, 2.05) is 30.3 Å². The fourth-order valence-electron chi connectivity index (χ4n) is 2.28. The summed E-state index contributed by atoms with van der Waals surface area (Å²) in [5.74, 6) is -0.545. The van der Waals surface area contributed by atoms with E-state index in [-0.39, 0.29) is 36.2 Å². The number of sulfonamides is 1. The van der Waals surface area contributed by atoms with E-state index >= 15 is 0 Å². The second-order valence-corrected chi connectivity index (χ2v) is 8.30. The van der Waals surface area contributed by atoms with Crippen LogP contribution in [0.4, 0.5) is 0 Å². The summed E-state index contributed by atoms with van der Waals surface area (Å²) in [6.45, 7) is 0.133. The molecule has 144 valence electrons. The van der Waals surface area contributed by atoms with Gasteiger partial charge < -0.3 is 10.6 Å². The van der Waals surface area contributed by atoms with Crippen LogP contribution in [0.15, 0.2) is 59.5 Å². The highest BCUT2D eigenvalue weighted by Gasteiger charge is 2.16. The predicted molar refractivity (Wildman–Crippen MR) is 102 cm³/mol. The van der Waals surface area contributed by atoms with Crippen LogP contribution < -0.4 is 10.6 Å². The van der Waals surface area contributed by atoms with Crippen LogP contribution in [0, 0.1) is 0 Å². The Morgan fingerprint density at radius 1 is 0.852 bits per heavy atom. The number of nitrogens with zero attached hydrogens (tertiary/aromatic N) is 1. The molecule has 0 heterocycles. The topological polar surface area (TPSA) is 95.6 Å². The second-order valence-electron chi connectivity index (χ2n) is 6.15. The molecule has 2 N–H and O–H groups in total. The first-order valence-corrected chi connectivity index (χ1v) is 9.82. The Bertz CT molecular complexity index is 879. The summed E-state index contributed by atoms with van der Waals surface area (Å²) in [5, 5.41) is 5.26. The van der Waals surface area contributed by atoms with E-state index in [0.717, 1.165) is 15.4 Å². The standard InChI is InChI=1S/C19H23N3O4S/c1-22(2)27(25,26)17-10-8-16(9-11-17)13-20-19(24)14-21-18(23)12-15-6-4-3-5-7-15/h3-11H,12-14H2,1-2H3,(H,20,24)(H,21,23). The number of benzene rings is 2. The van der Waals surface area contributed by atoms with Crippen LogP contribution in [0.3, 0.4) is 0 Å². The van der Waals surface area contributed by atoms with Crippen molar-refractivity contribution in [3.05, 3.63) is 65.7 Å². The summed E-state index contributed by atoms with van der Waals surface area (Å²) < 4.78 is 25.2. The van der Waals surface area contributed by atoms with Crippen LogP contribution in [-0.4, -0.2) is 45.2 Å². The molecule has 2 rings (SSSR count). The van der Waals surface area contributed by atoms with Crippen molar-refractivity contribution in [1.29, 1.82) is 0 Å². The van der Waals surface area contributed by atoms with Crippen LogP contribution >= 0.6 is 0 Å². The van der Waals surface area contributed by atoms with Gasteiger partial charge in [0.25, 0.3) is 0 Å². The van der Waals surface area contributed by atoms with Gasteiger partial charge in [0.15, 0.2) is 0 Å². The van der Waals surface area contributed by atoms with Gasteiger partial charge in [-0.15, -0.1) is 0 Å². The molecule has 0 aliphatic rings. The normalized spacial score (nSPS) is 11.2. The van der Waals surface area contributed by atoms with Gasteiger partial charge in [-0.05, 0) is 23.3 Å². The van der Waals surface area contributed by atoms with Crippen molar-refractivity contribution in [1.82, 2.24) is 14.9 Å². The number of hydrogen-bond donors (Lipinski definition) is 2. The maximum atomic E-state index is 12.0. The molecule has 0 unspecified atom stereocenters. The monoisotopic (exact) mass is 389 g/mol. The van der Waals surface area contributed by atoms with Gasteiger partial charge >= 0.3 is 0 Å². The first-order chi connectivity index (χ1) is 12.8. The van der Waals surface area contributed by atoms with Gasteiger partial charge in [-0.1, -0.05) is 42.5 Å². The average Bonchev–Trinajstić information content (AvgIpc) is 2.65. The molecule has 0 saturated heterocycles. The lowest BCUT2D eigenvalue weighted by Crippen LogP contribution is -2.37. The zero-order chi connectivity index (χ0) is 19.9. The predicted octanol–water partition coefficient (Wildman–Crippen LogP) is 0.912. The van der Waals surface area contributed by atoms with Gasteiger partial charge in [0, 0.05) is 20.6 Å². The van der Waals surface area contributed by atoms with Gasteiger partial charge in [0.2, 0.25) is 21.8 Å². The number of carbonyl (C=O) groups is 2. The van der Waals surface area contributed by atoms with E-state index in [2.05, 4.69) is 10.6 Å². The van der Waals surface area contributed by atoms with Crippen LogP contribution in [-0.2, 0) is 32.6 Å². The van der Waals surface area contributed by atoms with Crippen molar-refractivity contribution in [2.45, 2.75) is 17.9 Å². The van der Waals surface area contributed by atoms with Crippen molar-refractivity contribution in [3.63, 3.8) is 0 Å². The fraction of sp³-hybridized carbons (Fsp3) is 0.263. The van der Waals surface area contributed by atoms with Crippen molar-refractivity contribution in [2.24, 2.45) is 0 Å². The number of rotatable bonds is 8.